The summed E-state index contributed by atoms with van der Waals surface area (Å²) in [5, 5.41) is 6.33. The maximum absolute atomic E-state index is 11.9. The van der Waals surface area contributed by atoms with Gasteiger partial charge in [-0.05, 0) is 31.6 Å². The number of rotatable bonds is 7. The Morgan fingerprint density at radius 3 is 2.84 bits per heavy atom. The molecule has 112 valence electrons. The first-order chi connectivity index (χ1) is 8.76. The molecule has 1 amide bonds. The molecule has 0 aromatic carbocycles. The molecule has 0 radical (unpaired) electrons. The van der Waals surface area contributed by atoms with Crippen molar-refractivity contribution >= 4 is 30.1 Å². The number of carbonyl (C=O) groups excluding carboxylic acids is 1. The van der Waals surface area contributed by atoms with E-state index in [9.17, 15) is 4.79 Å². The van der Waals surface area contributed by atoms with Crippen molar-refractivity contribution in [1.29, 1.82) is 0 Å². The van der Waals surface area contributed by atoms with E-state index in [0.29, 0.717) is 5.41 Å². The molecule has 2 N–H and O–H groups in total. The second kappa shape index (κ2) is 8.35. The fourth-order valence-corrected chi connectivity index (χ4v) is 3.53. The summed E-state index contributed by atoms with van der Waals surface area (Å²) in [4.78, 5) is 11.9. The van der Waals surface area contributed by atoms with Crippen molar-refractivity contribution < 1.29 is 9.53 Å². The highest BCUT2D eigenvalue weighted by Gasteiger charge is 2.37. The SMILES string of the molecule is CCOCCC1(CNC(=O)C2CSCN2)CCC1.Cl. The summed E-state index contributed by atoms with van der Waals surface area (Å²) in [5.74, 6) is 1.97. The maximum Gasteiger partial charge on any atom is 0.238 e. The average molecular weight is 309 g/mol. The van der Waals surface area contributed by atoms with Gasteiger partial charge in [0.25, 0.3) is 0 Å². The van der Waals surface area contributed by atoms with Gasteiger partial charge in [-0.1, -0.05) is 6.42 Å². The molecular weight excluding hydrogens is 284 g/mol. The van der Waals surface area contributed by atoms with Gasteiger partial charge in [0.2, 0.25) is 5.91 Å². The normalized spacial score (nSPS) is 24.4. The van der Waals surface area contributed by atoms with Gasteiger partial charge in [0, 0.05) is 31.4 Å². The molecule has 1 heterocycles. The second-order valence-corrected chi connectivity index (χ2v) is 6.32. The van der Waals surface area contributed by atoms with Gasteiger partial charge in [0.15, 0.2) is 0 Å². The van der Waals surface area contributed by atoms with Crippen LogP contribution in [0.3, 0.4) is 0 Å². The van der Waals surface area contributed by atoms with Gasteiger partial charge < -0.3 is 10.1 Å². The first kappa shape index (κ1) is 17.1. The number of nitrogens with one attached hydrogen (secondary N) is 2. The highest BCUT2D eigenvalue weighted by molar-refractivity contribution is 7.99. The monoisotopic (exact) mass is 308 g/mol. The van der Waals surface area contributed by atoms with Crippen LogP contribution in [0.15, 0.2) is 0 Å². The van der Waals surface area contributed by atoms with Crippen molar-refractivity contribution in [1.82, 2.24) is 10.6 Å². The molecule has 2 rings (SSSR count). The molecule has 19 heavy (non-hydrogen) atoms. The average Bonchev–Trinajstić information content (AvgIpc) is 2.85. The zero-order valence-electron chi connectivity index (χ0n) is 11.6. The zero-order valence-corrected chi connectivity index (χ0v) is 13.2. The van der Waals surface area contributed by atoms with E-state index >= 15 is 0 Å². The first-order valence-corrected chi connectivity index (χ1v) is 8.08. The van der Waals surface area contributed by atoms with Gasteiger partial charge in [0.1, 0.15) is 0 Å². The summed E-state index contributed by atoms with van der Waals surface area (Å²) < 4.78 is 5.44. The van der Waals surface area contributed by atoms with E-state index in [0.717, 1.165) is 37.8 Å². The van der Waals surface area contributed by atoms with Crippen LogP contribution in [0.2, 0.25) is 0 Å². The van der Waals surface area contributed by atoms with Crippen LogP contribution >= 0.6 is 24.2 Å². The lowest BCUT2D eigenvalue weighted by Crippen LogP contribution is -2.48. The minimum atomic E-state index is 0. The van der Waals surface area contributed by atoms with Crippen molar-refractivity contribution in [3.8, 4) is 0 Å². The quantitative estimate of drug-likeness (QED) is 0.704. The van der Waals surface area contributed by atoms with Crippen LogP contribution in [0, 0.1) is 5.41 Å². The van der Waals surface area contributed by atoms with Crippen molar-refractivity contribution in [2.24, 2.45) is 5.41 Å². The fraction of sp³-hybridized carbons (Fsp3) is 0.923. The van der Waals surface area contributed by atoms with Crippen molar-refractivity contribution in [2.75, 3.05) is 31.4 Å². The van der Waals surface area contributed by atoms with E-state index in [1.54, 1.807) is 11.8 Å². The minimum Gasteiger partial charge on any atom is -0.382 e. The number of halogens is 1. The van der Waals surface area contributed by atoms with Gasteiger partial charge in [-0.25, -0.2) is 0 Å². The Kier molecular flexibility index (Phi) is 7.50. The highest BCUT2D eigenvalue weighted by Crippen LogP contribution is 2.43. The van der Waals surface area contributed by atoms with Crippen molar-refractivity contribution in [2.45, 2.75) is 38.6 Å². The fourth-order valence-electron chi connectivity index (χ4n) is 2.59. The maximum atomic E-state index is 11.9. The summed E-state index contributed by atoms with van der Waals surface area (Å²) in [7, 11) is 0. The van der Waals surface area contributed by atoms with E-state index < -0.39 is 0 Å². The Hall–Kier alpha value is 0.0300. The molecule has 6 heteroatoms. The van der Waals surface area contributed by atoms with Gasteiger partial charge in [-0.2, -0.15) is 0 Å². The summed E-state index contributed by atoms with van der Waals surface area (Å²) in [6.45, 7) is 4.45. The van der Waals surface area contributed by atoms with Crippen LogP contribution in [0.4, 0.5) is 0 Å². The molecule has 0 spiro atoms. The topological polar surface area (TPSA) is 50.4 Å². The Morgan fingerprint density at radius 2 is 2.32 bits per heavy atom. The molecule has 0 aromatic rings. The summed E-state index contributed by atoms with van der Waals surface area (Å²) >= 11 is 1.79. The van der Waals surface area contributed by atoms with Gasteiger partial charge in [0.05, 0.1) is 6.04 Å². The Bertz CT molecular complexity index is 282. The molecule has 4 nitrogen and oxygen atoms in total. The molecule has 0 aromatic heterocycles. The second-order valence-electron chi connectivity index (χ2n) is 5.29. The standard InChI is InChI=1S/C13H24N2O2S.ClH/c1-2-17-7-6-13(4-3-5-13)9-14-12(16)11-8-18-10-15-11;/h11,15H,2-10H2,1H3,(H,14,16);1H. The summed E-state index contributed by atoms with van der Waals surface area (Å²) in [6.07, 6.45) is 4.83. The van der Waals surface area contributed by atoms with E-state index in [-0.39, 0.29) is 24.4 Å². The number of hydrogen-bond acceptors (Lipinski definition) is 4. The van der Waals surface area contributed by atoms with Crippen LogP contribution in [0.1, 0.15) is 32.6 Å². The third-order valence-electron chi connectivity index (χ3n) is 4.07. The molecule has 0 bridgehead atoms. The molecule has 1 saturated carbocycles. The predicted octanol–water partition coefficient (Wildman–Crippen LogP) is 1.78. The molecule has 1 aliphatic carbocycles. The van der Waals surface area contributed by atoms with E-state index in [2.05, 4.69) is 10.6 Å². The molecule has 1 saturated heterocycles. The van der Waals surface area contributed by atoms with E-state index in [4.69, 9.17) is 4.74 Å². The lowest BCUT2D eigenvalue weighted by atomic mass is 9.66. The number of amides is 1. The zero-order chi connectivity index (χ0) is 12.8. The van der Waals surface area contributed by atoms with E-state index in [1.807, 2.05) is 6.92 Å². The summed E-state index contributed by atoms with van der Waals surface area (Å²) in [5.41, 5.74) is 0.316. The molecular formula is C13H25ClN2O2S. The molecule has 2 aliphatic rings. The largest absolute Gasteiger partial charge is 0.382 e. The summed E-state index contributed by atoms with van der Waals surface area (Å²) in [6, 6.07) is 0.0130. The van der Waals surface area contributed by atoms with Gasteiger partial charge >= 0.3 is 0 Å². The molecule has 1 unspecified atom stereocenters. The third kappa shape index (κ3) is 4.81. The van der Waals surface area contributed by atoms with Crippen LogP contribution in [-0.4, -0.2) is 43.3 Å². The molecule has 1 atom stereocenters. The van der Waals surface area contributed by atoms with Gasteiger partial charge in [-0.3, -0.25) is 10.1 Å². The lowest BCUT2D eigenvalue weighted by Gasteiger charge is -2.42. The number of thioether (sulfide) groups is 1. The number of hydrogen-bond donors (Lipinski definition) is 2. The molecule has 1 aliphatic heterocycles. The van der Waals surface area contributed by atoms with Crippen molar-refractivity contribution in [3.63, 3.8) is 0 Å². The number of ether oxygens (including phenoxy) is 1. The van der Waals surface area contributed by atoms with Crippen LogP contribution in [0.25, 0.3) is 0 Å². The van der Waals surface area contributed by atoms with Crippen LogP contribution in [0.5, 0.6) is 0 Å². The minimum absolute atomic E-state index is 0. The first-order valence-electron chi connectivity index (χ1n) is 6.92. The smallest absolute Gasteiger partial charge is 0.238 e. The van der Waals surface area contributed by atoms with E-state index in [1.165, 1.54) is 19.3 Å². The molecule has 2 fully saturated rings. The van der Waals surface area contributed by atoms with Crippen molar-refractivity contribution in [3.05, 3.63) is 0 Å². The van der Waals surface area contributed by atoms with Crippen LogP contribution < -0.4 is 10.6 Å². The number of carbonyl (C=O) groups is 1. The highest BCUT2D eigenvalue weighted by atomic mass is 35.5. The Labute approximate surface area is 126 Å². The predicted molar refractivity (Wildman–Crippen MR) is 81.9 cm³/mol. The Balaban J connectivity index is 0.00000180. The van der Waals surface area contributed by atoms with Crippen LogP contribution in [-0.2, 0) is 9.53 Å². The Morgan fingerprint density at radius 1 is 1.53 bits per heavy atom. The van der Waals surface area contributed by atoms with Gasteiger partial charge in [-0.15, -0.1) is 24.2 Å². The lowest BCUT2D eigenvalue weighted by molar-refractivity contribution is -0.123. The third-order valence-corrected chi connectivity index (χ3v) is 5.01.